The van der Waals surface area contributed by atoms with Gasteiger partial charge in [-0.3, -0.25) is 9.59 Å². The smallest absolute Gasteiger partial charge is 0.293 e. The van der Waals surface area contributed by atoms with Crippen molar-refractivity contribution in [3.63, 3.8) is 0 Å². The summed E-state index contributed by atoms with van der Waals surface area (Å²) >= 11 is 0. The molecule has 1 amide bonds. The summed E-state index contributed by atoms with van der Waals surface area (Å²) in [6.07, 6.45) is 4.03. The van der Waals surface area contributed by atoms with E-state index in [4.69, 9.17) is 4.74 Å². The molecule has 0 atom stereocenters. The second-order valence-corrected chi connectivity index (χ2v) is 5.65. The minimum absolute atomic E-state index is 0.130. The van der Waals surface area contributed by atoms with Gasteiger partial charge in [0.05, 0.1) is 7.11 Å². The van der Waals surface area contributed by atoms with Gasteiger partial charge in [-0.2, -0.15) is 0 Å². The Morgan fingerprint density at radius 3 is 3.00 bits per heavy atom. The van der Waals surface area contributed by atoms with Crippen molar-refractivity contribution in [1.82, 2.24) is 14.9 Å². The van der Waals surface area contributed by atoms with E-state index in [1.807, 2.05) is 24.4 Å². The van der Waals surface area contributed by atoms with Gasteiger partial charge in [0.15, 0.2) is 5.75 Å². The van der Waals surface area contributed by atoms with Crippen molar-refractivity contribution in [3.05, 3.63) is 58.6 Å². The van der Waals surface area contributed by atoms with Gasteiger partial charge in [-0.05, 0) is 42.3 Å². The Labute approximate surface area is 143 Å². The molecule has 0 bridgehead atoms. The van der Waals surface area contributed by atoms with Gasteiger partial charge in [-0.25, -0.2) is 0 Å². The van der Waals surface area contributed by atoms with Crippen molar-refractivity contribution in [2.45, 2.75) is 13.0 Å². The van der Waals surface area contributed by atoms with Crippen molar-refractivity contribution < 1.29 is 14.6 Å². The number of H-pyrrole nitrogens is 1. The van der Waals surface area contributed by atoms with Gasteiger partial charge >= 0.3 is 0 Å². The molecule has 0 saturated carbocycles. The Kier molecular flexibility index (Phi) is 4.74. The number of nitrogens with one attached hydrogen (secondary N) is 2. The monoisotopic (exact) mass is 341 g/mol. The number of hydrogen-bond acceptors (Lipinski definition) is 4. The van der Waals surface area contributed by atoms with E-state index in [2.05, 4.69) is 10.3 Å². The van der Waals surface area contributed by atoms with Crippen LogP contribution in [0.2, 0.25) is 0 Å². The van der Waals surface area contributed by atoms with Crippen LogP contribution in [0.25, 0.3) is 10.9 Å². The average Bonchev–Trinajstić information content (AvgIpc) is 3.01. The minimum atomic E-state index is -0.582. The fraction of sp³-hybridized carbons (Fsp3) is 0.222. The molecule has 130 valence electrons. The van der Waals surface area contributed by atoms with Crippen molar-refractivity contribution >= 4 is 16.8 Å². The first-order valence-electron chi connectivity index (χ1n) is 7.87. The van der Waals surface area contributed by atoms with Crippen molar-refractivity contribution in [3.8, 4) is 11.5 Å². The third-order valence-electron chi connectivity index (χ3n) is 4.01. The summed E-state index contributed by atoms with van der Waals surface area (Å²) < 4.78 is 6.41. The summed E-state index contributed by atoms with van der Waals surface area (Å²) in [6, 6.07) is 8.60. The zero-order valence-electron chi connectivity index (χ0n) is 13.8. The number of carbonyl (C=O) groups is 1. The number of hydrogen-bond donors (Lipinski definition) is 3. The molecule has 0 unspecified atom stereocenters. The number of amides is 1. The standard InChI is InChI=1S/C18H19N3O4/c1-25-13-4-5-15-14(9-13)12(10-20-15)6-7-19-17(23)11-21-8-2-3-16(22)18(21)24/h2-5,8-10,20,22H,6-7,11H2,1H3,(H,19,23). The highest BCUT2D eigenvalue weighted by Crippen LogP contribution is 2.23. The summed E-state index contributed by atoms with van der Waals surface area (Å²) in [4.78, 5) is 26.9. The van der Waals surface area contributed by atoms with Gasteiger partial charge in [-0.15, -0.1) is 0 Å². The molecule has 3 aromatic rings. The lowest BCUT2D eigenvalue weighted by Crippen LogP contribution is -2.33. The third kappa shape index (κ3) is 3.65. The zero-order chi connectivity index (χ0) is 17.8. The first-order valence-corrected chi connectivity index (χ1v) is 7.87. The maximum absolute atomic E-state index is 12.0. The van der Waals surface area contributed by atoms with Crippen LogP contribution in [-0.2, 0) is 17.8 Å². The predicted molar refractivity (Wildman–Crippen MR) is 93.9 cm³/mol. The van der Waals surface area contributed by atoms with Crippen molar-refractivity contribution in [2.24, 2.45) is 0 Å². The molecule has 3 N–H and O–H groups in total. The van der Waals surface area contributed by atoms with E-state index in [9.17, 15) is 14.7 Å². The largest absolute Gasteiger partial charge is 0.503 e. The second kappa shape index (κ2) is 7.12. The summed E-state index contributed by atoms with van der Waals surface area (Å²) in [5.74, 6) is 0.119. The van der Waals surface area contributed by atoms with Crippen LogP contribution >= 0.6 is 0 Å². The van der Waals surface area contributed by atoms with E-state index in [-0.39, 0.29) is 18.2 Å². The van der Waals surface area contributed by atoms with Crippen LogP contribution in [-0.4, -0.2) is 34.2 Å². The number of rotatable bonds is 6. The quantitative estimate of drug-likeness (QED) is 0.631. The van der Waals surface area contributed by atoms with Crippen molar-refractivity contribution in [2.75, 3.05) is 13.7 Å². The van der Waals surface area contributed by atoms with E-state index in [1.54, 1.807) is 7.11 Å². The maximum Gasteiger partial charge on any atom is 0.293 e. The Hall–Kier alpha value is -3.22. The van der Waals surface area contributed by atoms with Crippen molar-refractivity contribution in [1.29, 1.82) is 0 Å². The molecule has 1 aromatic carbocycles. The van der Waals surface area contributed by atoms with Crippen LogP contribution in [0.3, 0.4) is 0 Å². The Bertz CT molecular complexity index is 958. The molecule has 25 heavy (non-hydrogen) atoms. The number of benzene rings is 1. The number of nitrogens with zero attached hydrogens (tertiary/aromatic N) is 1. The van der Waals surface area contributed by atoms with Crippen LogP contribution in [0.5, 0.6) is 11.5 Å². The normalized spacial score (nSPS) is 10.8. The van der Waals surface area contributed by atoms with Gasteiger partial charge in [0.1, 0.15) is 12.3 Å². The maximum atomic E-state index is 12.0. The van der Waals surface area contributed by atoms with Gasteiger partial charge in [0.25, 0.3) is 5.56 Å². The van der Waals surface area contributed by atoms with Crippen LogP contribution in [0.15, 0.2) is 47.5 Å². The van der Waals surface area contributed by atoms with Gasteiger partial charge in [0, 0.05) is 29.8 Å². The fourth-order valence-electron chi connectivity index (χ4n) is 2.69. The van der Waals surface area contributed by atoms with E-state index >= 15 is 0 Å². The molecule has 7 heteroatoms. The molecule has 0 aliphatic heterocycles. The number of carbonyl (C=O) groups excluding carboxylic acids is 1. The lowest BCUT2D eigenvalue weighted by Gasteiger charge is -2.07. The molecule has 0 radical (unpaired) electrons. The fourth-order valence-corrected chi connectivity index (χ4v) is 2.69. The van der Waals surface area contributed by atoms with Gasteiger partial charge < -0.3 is 24.7 Å². The number of aromatic amines is 1. The molecule has 0 spiro atoms. The molecule has 0 fully saturated rings. The van der Waals surface area contributed by atoms with Gasteiger partial charge in [-0.1, -0.05) is 0 Å². The van der Waals surface area contributed by atoms with E-state index < -0.39 is 5.56 Å². The molecule has 3 rings (SSSR count). The topological polar surface area (TPSA) is 96.3 Å². The lowest BCUT2D eigenvalue weighted by molar-refractivity contribution is -0.121. The third-order valence-corrected chi connectivity index (χ3v) is 4.01. The molecule has 7 nitrogen and oxygen atoms in total. The number of ether oxygens (including phenoxy) is 1. The highest BCUT2D eigenvalue weighted by atomic mass is 16.5. The van der Waals surface area contributed by atoms with Crippen LogP contribution in [0.4, 0.5) is 0 Å². The highest BCUT2D eigenvalue weighted by Gasteiger charge is 2.08. The van der Waals surface area contributed by atoms with Crippen LogP contribution < -0.4 is 15.6 Å². The molecular formula is C18H19N3O4. The Morgan fingerprint density at radius 2 is 2.20 bits per heavy atom. The summed E-state index contributed by atoms with van der Waals surface area (Å²) in [5, 5.41) is 13.2. The van der Waals surface area contributed by atoms with E-state index in [0.717, 1.165) is 22.2 Å². The average molecular weight is 341 g/mol. The lowest BCUT2D eigenvalue weighted by atomic mass is 10.1. The van der Waals surface area contributed by atoms with Gasteiger partial charge in [0.2, 0.25) is 5.91 Å². The van der Waals surface area contributed by atoms with Crippen LogP contribution in [0.1, 0.15) is 5.56 Å². The number of aromatic hydroxyl groups is 1. The highest BCUT2D eigenvalue weighted by molar-refractivity contribution is 5.84. The summed E-state index contributed by atoms with van der Waals surface area (Å²) in [7, 11) is 1.62. The number of aromatic nitrogens is 2. The molecule has 0 aliphatic carbocycles. The first kappa shape index (κ1) is 16.6. The number of pyridine rings is 1. The summed E-state index contributed by atoms with van der Waals surface area (Å²) in [5.41, 5.74) is 1.50. The number of methoxy groups -OCH3 is 1. The SMILES string of the molecule is COc1ccc2[nH]cc(CCNC(=O)Cn3cccc(O)c3=O)c2c1. The minimum Gasteiger partial charge on any atom is -0.503 e. The zero-order valence-corrected chi connectivity index (χ0v) is 13.8. The van der Waals surface area contributed by atoms with E-state index in [0.29, 0.717) is 13.0 Å². The molecule has 0 saturated heterocycles. The Balaban J connectivity index is 1.60. The number of fused-ring (bicyclic) bond motifs is 1. The van der Waals surface area contributed by atoms with Crippen LogP contribution in [0, 0.1) is 0 Å². The first-order chi connectivity index (χ1) is 12.1. The second-order valence-electron chi connectivity index (χ2n) is 5.65. The molecule has 2 heterocycles. The predicted octanol–water partition coefficient (Wildman–Crippen LogP) is 1.40. The van der Waals surface area contributed by atoms with E-state index in [1.165, 1.54) is 22.9 Å². The molecular weight excluding hydrogens is 322 g/mol. The summed E-state index contributed by atoms with van der Waals surface area (Å²) in [6.45, 7) is 0.311. The molecule has 2 aromatic heterocycles. The molecule has 0 aliphatic rings. The Morgan fingerprint density at radius 1 is 1.36 bits per heavy atom.